The number of nitrogens with one attached hydrogen (secondary N) is 2. The molecule has 1 aromatic carbocycles. The van der Waals surface area contributed by atoms with E-state index in [0.29, 0.717) is 48.6 Å². The van der Waals surface area contributed by atoms with Gasteiger partial charge in [-0.3, -0.25) is 9.48 Å². The summed E-state index contributed by atoms with van der Waals surface area (Å²) in [7, 11) is 3.19. The van der Waals surface area contributed by atoms with E-state index in [0.717, 1.165) is 25.9 Å². The monoisotopic (exact) mass is 388 g/mol. The van der Waals surface area contributed by atoms with E-state index in [1.807, 2.05) is 10.9 Å². The largest absolute Gasteiger partial charge is 0.496 e. The van der Waals surface area contributed by atoms with E-state index in [1.165, 1.54) is 0 Å². The van der Waals surface area contributed by atoms with Crippen LogP contribution in [0.5, 0.6) is 17.2 Å². The van der Waals surface area contributed by atoms with Crippen molar-refractivity contribution in [3.8, 4) is 17.2 Å². The van der Waals surface area contributed by atoms with E-state index in [4.69, 9.17) is 14.2 Å². The zero-order valence-corrected chi connectivity index (χ0v) is 16.4. The van der Waals surface area contributed by atoms with Gasteiger partial charge in [-0.15, -0.1) is 0 Å². The van der Waals surface area contributed by atoms with Gasteiger partial charge < -0.3 is 24.8 Å². The molecule has 28 heavy (non-hydrogen) atoms. The number of methoxy groups -OCH3 is 2. The van der Waals surface area contributed by atoms with Crippen LogP contribution in [0.3, 0.4) is 0 Å². The predicted molar refractivity (Wildman–Crippen MR) is 105 cm³/mol. The molecule has 3 rings (SSSR count). The smallest absolute Gasteiger partial charge is 0.271 e. The van der Waals surface area contributed by atoms with Gasteiger partial charge in [-0.25, -0.2) is 0 Å². The van der Waals surface area contributed by atoms with Crippen LogP contribution in [-0.2, 0) is 0 Å². The summed E-state index contributed by atoms with van der Waals surface area (Å²) >= 11 is 0. The number of hydrogen-bond donors (Lipinski definition) is 2. The highest BCUT2D eigenvalue weighted by Crippen LogP contribution is 2.27. The Labute approximate surface area is 165 Å². The number of carbonyl (C=O) groups excluding carboxylic acids is 1. The summed E-state index contributed by atoms with van der Waals surface area (Å²) in [6.07, 6.45) is 4.78. The van der Waals surface area contributed by atoms with Crippen molar-refractivity contribution in [3.63, 3.8) is 0 Å². The normalized spacial score (nSPS) is 16.4. The molecule has 1 fully saturated rings. The number of rotatable bonds is 9. The highest BCUT2D eigenvalue weighted by Gasteiger charge is 2.17. The summed E-state index contributed by atoms with van der Waals surface area (Å²) in [5.41, 5.74) is 0.448. The van der Waals surface area contributed by atoms with Gasteiger partial charge in [0.05, 0.1) is 26.9 Å². The number of aromatic nitrogens is 2. The molecule has 1 unspecified atom stereocenters. The summed E-state index contributed by atoms with van der Waals surface area (Å²) in [5, 5.41) is 10.7. The maximum atomic E-state index is 12.3. The molecule has 152 valence electrons. The Morgan fingerprint density at radius 3 is 2.68 bits per heavy atom. The van der Waals surface area contributed by atoms with Crippen LogP contribution in [0.4, 0.5) is 0 Å². The van der Waals surface area contributed by atoms with Crippen molar-refractivity contribution in [2.45, 2.75) is 25.3 Å². The lowest BCUT2D eigenvalue weighted by atomic mass is 10.1. The molecular formula is C20H28N4O4. The standard InChI is InChI=1S/C20H28N4O4/c1-26-16-11-17(27-2)13-18(12-16)28-10-4-8-22-20(25)19-6-9-24(23-19)15-5-3-7-21-14-15/h6,9,11-13,15,21H,3-5,7-8,10,14H2,1-2H3,(H,22,25). The quantitative estimate of drug-likeness (QED) is 0.639. The Morgan fingerprint density at radius 2 is 2.00 bits per heavy atom. The molecular weight excluding hydrogens is 360 g/mol. The molecule has 0 aliphatic carbocycles. The van der Waals surface area contributed by atoms with E-state index in [1.54, 1.807) is 38.5 Å². The summed E-state index contributed by atoms with van der Waals surface area (Å²) in [6, 6.07) is 7.48. The highest BCUT2D eigenvalue weighted by molar-refractivity contribution is 5.92. The number of carbonyl (C=O) groups is 1. The Hall–Kier alpha value is -2.74. The first-order chi connectivity index (χ1) is 13.7. The minimum atomic E-state index is -0.162. The van der Waals surface area contributed by atoms with Gasteiger partial charge in [0.2, 0.25) is 0 Å². The van der Waals surface area contributed by atoms with Crippen molar-refractivity contribution in [1.29, 1.82) is 0 Å². The first kappa shape index (κ1) is 20.0. The topological polar surface area (TPSA) is 86.6 Å². The van der Waals surface area contributed by atoms with Gasteiger partial charge in [-0.1, -0.05) is 0 Å². The van der Waals surface area contributed by atoms with Gasteiger partial charge in [0.15, 0.2) is 0 Å². The van der Waals surface area contributed by atoms with Crippen LogP contribution >= 0.6 is 0 Å². The average Bonchev–Trinajstić information content (AvgIpc) is 3.24. The van der Waals surface area contributed by atoms with Gasteiger partial charge in [-0.2, -0.15) is 5.10 Å². The molecule has 1 atom stereocenters. The average molecular weight is 388 g/mol. The molecule has 1 aromatic heterocycles. The molecule has 2 heterocycles. The van der Waals surface area contributed by atoms with Crippen LogP contribution in [-0.4, -0.2) is 56.1 Å². The van der Waals surface area contributed by atoms with Gasteiger partial charge in [0.25, 0.3) is 5.91 Å². The van der Waals surface area contributed by atoms with Crippen molar-refractivity contribution in [2.75, 3.05) is 40.5 Å². The lowest BCUT2D eigenvalue weighted by molar-refractivity contribution is 0.0945. The molecule has 2 N–H and O–H groups in total. The molecule has 8 nitrogen and oxygen atoms in total. The highest BCUT2D eigenvalue weighted by atomic mass is 16.5. The summed E-state index contributed by atoms with van der Waals surface area (Å²) in [4.78, 5) is 12.3. The Morgan fingerprint density at radius 1 is 1.25 bits per heavy atom. The lowest BCUT2D eigenvalue weighted by Crippen LogP contribution is -2.32. The maximum absolute atomic E-state index is 12.3. The van der Waals surface area contributed by atoms with E-state index >= 15 is 0 Å². The molecule has 1 aliphatic rings. The van der Waals surface area contributed by atoms with Gasteiger partial charge in [0, 0.05) is 37.5 Å². The van der Waals surface area contributed by atoms with Crippen molar-refractivity contribution in [1.82, 2.24) is 20.4 Å². The SMILES string of the molecule is COc1cc(OC)cc(OCCCNC(=O)c2ccn(C3CCCNC3)n2)c1. The molecule has 8 heteroatoms. The third-order valence-corrected chi connectivity index (χ3v) is 4.69. The summed E-state index contributed by atoms with van der Waals surface area (Å²) in [5.74, 6) is 1.85. The van der Waals surface area contributed by atoms with E-state index < -0.39 is 0 Å². The molecule has 1 amide bonds. The van der Waals surface area contributed by atoms with Crippen LogP contribution in [0.1, 0.15) is 35.8 Å². The number of benzene rings is 1. The third-order valence-electron chi connectivity index (χ3n) is 4.69. The second-order valence-electron chi connectivity index (χ2n) is 6.69. The molecule has 2 aromatic rings. The Balaban J connectivity index is 1.40. The summed E-state index contributed by atoms with van der Waals surface area (Å²) < 4.78 is 18.1. The predicted octanol–water partition coefficient (Wildman–Crippen LogP) is 2.02. The number of ether oxygens (including phenoxy) is 3. The number of hydrogen-bond acceptors (Lipinski definition) is 6. The van der Waals surface area contributed by atoms with Crippen LogP contribution in [0, 0.1) is 0 Å². The molecule has 0 bridgehead atoms. The van der Waals surface area contributed by atoms with Gasteiger partial charge >= 0.3 is 0 Å². The zero-order valence-electron chi connectivity index (χ0n) is 16.4. The Kier molecular flexibility index (Phi) is 7.13. The zero-order chi connectivity index (χ0) is 19.8. The van der Waals surface area contributed by atoms with E-state index in [2.05, 4.69) is 15.7 Å². The van der Waals surface area contributed by atoms with Gasteiger partial charge in [-0.05, 0) is 31.9 Å². The van der Waals surface area contributed by atoms with Crippen LogP contribution < -0.4 is 24.8 Å². The lowest BCUT2D eigenvalue weighted by Gasteiger charge is -2.22. The second-order valence-corrected chi connectivity index (χ2v) is 6.69. The van der Waals surface area contributed by atoms with Crippen LogP contribution in [0.15, 0.2) is 30.5 Å². The Bertz CT molecular complexity index is 749. The van der Waals surface area contributed by atoms with Gasteiger partial charge in [0.1, 0.15) is 22.9 Å². The van der Waals surface area contributed by atoms with Crippen LogP contribution in [0.25, 0.3) is 0 Å². The first-order valence-corrected chi connectivity index (χ1v) is 9.59. The van der Waals surface area contributed by atoms with Crippen molar-refractivity contribution >= 4 is 5.91 Å². The molecule has 0 radical (unpaired) electrons. The second kappa shape index (κ2) is 9.98. The maximum Gasteiger partial charge on any atom is 0.271 e. The fraction of sp³-hybridized carbons (Fsp3) is 0.500. The first-order valence-electron chi connectivity index (χ1n) is 9.59. The fourth-order valence-corrected chi connectivity index (χ4v) is 3.14. The minimum Gasteiger partial charge on any atom is -0.496 e. The number of piperidine rings is 1. The number of amides is 1. The van der Waals surface area contributed by atoms with E-state index in [-0.39, 0.29) is 5.91 Å². The molecule has 0 spiro atoms. The molecule has 1 aliphatic heterocycles. The molecule has 1 saturated heterocycles. The minimum absolute atomic E-state index is 0.162. The summed E-state index contributed by atoms with van der Waals surface area (Å²) in [6.45, 7) is 2.93. The number of nitrogens with zero attached hydrogens (tertiary/aromatic N) is 2. The fourth-order valence-electron chi connectivity index (χ4n) is 3.14. The van der Waals surface area contributed by atoms with Crippen molar-refractivity contribution in [2.24, 2.45) is 0 Å². The van der Waals surface area contributed by atoms with E-state index in [9.17, 15) is 4.79 Å². The van der Waals surface area contributed by atoms with Crippen LogP contribution in [0.2, 0.25) is 0 Å². The third kappa shape index (κ3) is 5.39. The molecule has 0 saturated carbocycles. The van der Waals surface area contributed by atoms with Crippen molar-refractivity contribution < 1.29 is 19.0 Å². The van der Waals surface area contributed by atoms with Crippen molar-refractivity contribution in [3.05, 3.63) is 36.2 Å².